The van der Waals surface area contributed by atoms with Crippen LogP contribution in [0.1, 0.15) is 18.4 Å². The van der Waals surface area contributed by atoms with Crippen LogP contribution in [-0.2, 0) is 14.9 Å². The smallest absolute Gasteiger partial charge is 0.323 e. The maximum Gasteiger partial charge on any atom is 0.323 e. The standard InChI is InChI=1S/C11H13FN2O2/c1-16-10(15)8(13)11(4-5-11)7-3-2-6-14-9(7)12/h2-3,6,8H,4-5,13H2,1H3. The van der Waals surface area contributed by atoms with Crippen molar-refractivity contribution >= 4 is 5.97 Å². The van der Waals surface area contributed by atoms with Gasteiger partial charge >= 0.3 is 5.97 Å². The summed E-state index contributed by atoms with van der Waals surface area (Å²) in [5.74, 6) is -1.07. The van der Waals surface area contributed by atoms with Crippen LogP contribution in [0.2, 0.25) is 0 Å². The molecule has 0 saturated heterocycles. The van der Waals surface area contributed by atoms with Crippen molar-refractivity contribution in [1.29, 1.82) is 0 Å². The van der Waals surface area contributed by atoms with Gasteiger partial charge in [-0.2, -0.15) is 4.39 Å². The number of carbonyl (C=O) groups excluding carboxylic acids is 1. The molecule has 0 amide bonds. The molecule has 2 rings (SSSR count). The summed E-state index contributed by atoms with van der Waals surface area (Å²) in [6.45, 7) is 0. The van der Waals surface area contributed by atoms with Gasteiger partial charge in [0.05, 0.1) is 7.11 Å². The lowest BCUT2D eigenvalue weighted by Crippen LogP contribution is -2.43. The molecule has 1 fully saturated rings. The highest BCUT2D eigenvalue weighted by molar-refractivity contribution is 5.78. The van der Waals surface area contributed by atoms with E-state index in [1.54, 1.807) is 12.1 Å². The van der Waals surface area contributed by atoms with E-state index in [4.69, 9.17) is 5.73 Å². The molecule has 1 aromatic rings. The highest BCUT2D eigenvalue weighted by Crippen LogP contribution is 2.51. The van der Waals surface area contributed by atoms with Crippen LogP contribution in [0.3, 0.4) is 0 Å². The summed E-state index contributed by atoms with van der Waals surface area (Å²) >= 11 is 0. The first-order chi connectivity index (χ1) is 7.62. The Morgan fingerprint density at radius 3 is 2.88 bits per heavy atom. The number of rotatable bonds is 3. The summed E-state index contributed by atoms with van der Waals surface area (Å²) < 4.78 is 18.1. The molecule has 0 aliphatic heterocycles. The van der Waals surface area contributed by atoms with Crippen LogP contribution >= 0.6 is 0 Å². The van der Waals surface area contributed by atoms with Crippen molar-refractivity contribution in [1.82, 2.24) is 4.98 Å². The summed E-state index contributed by atoms with van der Waals surface area (Å²) in [5, 5.41) is 0. The third-order valence-electron chi connectivity index (χ3n) is 3.13. The highest BCUT2D eigenvalue weighted by Gasteiger charge is 2.54. The Morgan fingerprint density at radius 1 is 1.69 bits per heavy atom. The number of pyridine rings is 1. The minimum absolute atomic E-state index is 0.410. The fourth-order valence-corrected chi connectivity index (χ4v) is 1.99. The second-order valence-corrected chi connectivity index (χ2v) is 4.00. The van der Waals surface area contributed by atoms with Crippen LogP contribution < -0.4 is 5.73 Å². The number of aromatic nitrogens is 1. The molecule has 1 aliphatic carbocycles. The van der Waals surface area contributed by atoms with Gasteiger partial charge in [-0.25, -0.2) is 4.98 Å². The zero-order valence-electron chi connectivity index (χ0n) is 8.94. The Labute approximate surface area is 92.6 Å². The maximum atomic E-state index is 13.5. The Kier molecular flexibility index (Phi) is 2.63. The molecule has 1 saturated carbocycles. The van der Waals surface area contributed by atoms with Crippen molar-refractivity contribution in [2.45, 2.75) is 24.3 Å². The van der Waals surface area contributed by atoms with E-state index in [1.165, 1.54) is 13.3 Å². The molecule has 2 N–H and O–H groups in total. The van der Waals surface area contributed by atoms with Gasteiger partial charge in [-0.1, -0.05) is 6.07 Å². The number of nitrogens with zero attached hydrogens (tertiary/aromatic N) is 1. The first-order valence-electron chi connectivity index (χ1n) is 5.06. The third-order valence-corrected chi connectivity index (χ3v) is 3.13. The van der Waals surface area contributed by atoms with Crippen LogP contribution in [0.25, 0.3) is 0 Å². The molecular formula is C11H13FN2O2. The number of esters is 1. The summed E-state index contributed by atoms with van der Waals surface area (Å²) in [6.07, 6.45) is 2.75. The molecule has 1 atom stereocenters. The van der Waals surface area contributed by atoms with Crippen molar-refractivity contribution < 1.29 is 13.9 Å². The highest BCUT2D eigenvalue weighted by atomic mass is 19.1. The molecule has 1 aliphatic rings. The van der Waals surface area contributed by atoms with E-state index in [9.17, 15) is 9.18 Å². The van der Waals surface area contributed by atoms with Gasteiger partial charge in [0.2, 0.25) is 5.95 Å². The summed E-state index contributed by atoms with van der Waals surface area (Å²) in [5.41, 5.74) is 5.59. The second kappa shape index (κ2) is 3.83. The average molecular weight is 224 g/mol. The molecule has 1 heterocycles. The molecule has 1 aromatic heterocycles. The van der Waals surface area contributed by atoms with Gasteiger partial charge in [0.15, 0.2) is 0 Å². The van der Waals surface area contributed by atoms with Gasteiger partial charge in [0, 0.05) is 17.2 Å². The van der Waals surface area contributed by atoms with Gasteiger partial charge in [-0.15, -0.1) is 0 Å². The molecule has 0 aromatic carbocycles. The van der Waals surface area contributed by atoms with E-state index in [-0.39, 0.29) is 0 Å². The molecular weight excluding hydrogens is 211 g/mol. The Hall–Kier alpha value is -1.49. The topological polar surface area (TPSA) is 65.2 Å². The van der Waals surface area contributed by atoms with Gasteiger partial charge in [-0.3, -0.25) is 4.79 Å². The predicted molar refractivity (Wildman–Crippen MR) is 55.1 cm³/mol. The first kappa shape index (κ1) is 11.0. The molecule has 0 radical (unpaired) electrons. The molecule has 5 heteroatoms. The van der Waals surface area contributed by atoms with Crippen LogP contribution in [0.5, 0.6) is 0 Å². The number of methoxy groups -OCH3 is 1. The van der Waals surface area contributed by atoms with Crippen molar-refractivity contribution in [3.63, 3.8) is 0 Å². The number of carbonyl (C=O) groups is 1. The number of hydrogen-bond donors (Lipinski definition) is 1. The molecule has 0 spiro atoms. The summed E-state index contributed by atoms with van der Waals surface area (Å²) in [6, 6.07) is 2.44. The Morgan fingerprint density at radius 2 is 2.38 bits per heavy atom. The van der Waals surface area contributed by atoms with Gasteiger partial charge in [0.25, 0.3) is 0 Å². The van der Waals surface area contributed by atoms with Crippen molar-refractivity contribution in [3.8, 4) is 0 Å². The van der Waals surface area contributed by atoms with Crippen molar-refractivity contribution in [2.24, 2.45) is 5.73 Å². The van der Waals surface area contributed by atoms with Gasteiger partial charge < -0.3 is 10.5 Å². The average Bonchev–Trinajstić information content (AvgIpc) is 3.09. The molecule has 86 valence electrons. The van der Waals surface area contributed by atoms with E-state index in [2.05, 4.69) is 9.72 Å². The Balaban J connectivity index is 2.33. The quantitative estimate of drug-likeness (QED) is 0.608. The van der Waals surface area contributed by atoms with Gasteiger partial charge in [-0.05, 0) is 18.9 Å². The minimum atomic E-state index is -0.823. The fourth-order valence-electron chi connectivity index (χ4n) is 1.99. The number of nitrogens with two attached hydrogens (primary N) is 1. The van der Waals surface area contributed by atoms with Crippen LogP contribution in [0, 0.1) is 5.95 Å². The Bertz CT molecular complexity index is 418. The van der Waals surface area contributed by atoms with Gasteiger partial charge in [0.1, 0.15) is 6.04 Å². The monoisotopic (exact) mass is 224 g/mol. The van der Waals surface area contributed by atoms with Crippen molar-refractivity contribution in [3.05, 3.63) is 29.8 Å². The van der Waals surface area contributed by atoms with E-state index in [0.29, 0.717) is 18.4 Å². The normalized spacial score (nSPS) is 18.9. The first-order valence-corrected chi connectivity index (χ1v) is 5.06. The number of ether oxygens (including phenoxy) is 1. The zero-order valence-corrected chi connectivity index (χ0v) is 8.94. The van der Waals surface area contributed by atoms with Crippen LogP contribution in [0.15, 0.2) is 18.3 Å². The van der Waals surface area contributed by atoms with E-state index >= 15 is 0 Å². The van der Waals surface area contributed by atoms with E-state index in [1.807, 2.05) is 0 Å². The summed E-state index contributed by atoms with van der Waals surface area (Å²) in [7, 11) is 1.28. The minimum Gasteiger partial charge on any atom is -0.468 e. The summed E-state index contributed by atoms with van der Waals surface area (Å²) in [4.78, 5) is 15.0. The lowest BCUT2D eigenvalue weighted by molar-refractivity contribution is -0.143. The van der Waals surface area contributed by atoms with E-state index < -0.39 is 23.4 Å². The van der Waals surface area contributed by atoms with Crippen LogP contribution in [0.4, 0.5) is 4.39 Å². The maximum absolute atomic E-state index is 13.5. The molecule has 16 heavy (non-hydrogen) atoms. The number of halogens is 1. The third kappa shape index (κ3) is 1.57. The van der Waals surface area contributed by atoms with Crippen LogP contribution in [-0.4, -0.2) is 24.1 Å². The fraction of sp³-hybridized carbons (Fsp3) is 0.455. The van der Waals surface area contributed by atoms with Crippen molar-refractivity contribution in [2.75, 3.05) is 7.11 Å². The molecule has 4 nitrogen and oxygen atoms in total. The molecule has 1 unspecified atom stereocenters. The predicted octanol–water partition coefficient (Wildman–Crippen LogP) is 0.753. The number of hydrogen-bond acceptors (Lipinski definition) is 4. The second-order valence-electron chi connectivity index (χ2n) is 4.00. The zero-order chi connectivity index (χ0) is 11.8. The van der Waals surface area contributed by atoms with E-state index in [0.717, 1.165) is 0 Å². The lowest BCUT2D eigenvalue weighted by Gasteiger charge is -2.21. The SMILES string of the molecule is COC(=O)C(N)C1(c2cccnc2F)CC1. The lowest BCUT2D eigenvalue weighted by atomic mass is 9.89. The largest absolute Gasteiger partial charge is 0.468 e. The molecule has 0 bridgehead atoms.